The second-order valence-electron chi connectivity index (χ2n) is 8.15. The number of carbonyl (C=O) groups excluding carboxylic acids is 3. The molecule has 31 heavy (non-hydrogen) atoms. The van der Waals surface area contributed by atoms with Gasteiger partial charge in [-0.15, -0.1) is 0 Å². The molecule has 8 nitrogen and oxygen atoms in total. The molecular weight excluding hydrogens is 394 g/mol. The first-order valence-electron chi connectivity index (χ1n) is 10.6. The first kappa shape index (κ1) is 20.8. The number of nitrogens with two attached hydrogens (primary N) is 1. The molecule has 3 N–H and O–H groups in total. The summed E-state index contributed by atoms with van der Waals surface area (Å²) in [5.74, 6) is -0.675. The topological polar surface area (TPSA) is 109 Å². The molecule has 3 atom stereocenters. The summed E-state index contributed by atoms with van der Waals surface area (Å²) in [6.45, 7) is 1.12. The van der Waals surface area contributed by atoms with Crippen LogP contribution in [-0.2, 0) is 16.0 Å². The minimum Gasteiger partial charge on any atom is -0.384 e. The number of benzene rings is 1. The maximum Gasteiger partial charge on any atom is 0.327 e. The first-order valence-corrected chi connectivity index (χ1v) is 10.6. The highest BCUT2D eigenvalue weighted by atomic mass is 16.2. The lowest BCUT2D eigenvalue weighted by Gasteiger charge is -2.47. The number of anilines is 1. The van der Waals surface area contributed by atoms with Crippen LogP contribution in [0.25, 0.3) is 0 Å². The Morgan fingerprint density at radius 1 is 1.23 bits per heavy atom. The number of amides is 4. The van der Waals surface area contributed by atoms with Gasteiger partial charge >= 0.3 is 6.03 Å². The van der Waals surface area contributed by atoms with Gasteiger partial charge in [0, 0.05) is 32.3 Å². The molecule has 4 amide bonds. The predicted molar refractivity (Wildman–Crippen MR) is 116 cm³/mol. The van der Waals surface area contributed by atoms with Gasteiger partial charge in [0.25, 0.3) is 0 Å². The Kier molecular flexibility index (Phi) is 5.88. The molecule has 3 heterocycles. The second-order valence-corrected chi connectivity index (χ2v) is 8.15. The number of imide groups is 1. The molecule has 2 aromatic rings. The number of rotatable bonds is 4. The van der Waals surface area contributed by atoms with Gasteiger partial charge in [-0.2, -0.15) is 0 Å². The van der Waals surface area contributed by atoms with Crippen molar-refractivity contribution in [2.24, 2.45) is 5.92 Å². The van der Waals surface area contributed by atoms with E-state index in [0.29, 0.717) is 25.3 Å². The predicted octanol–water partition coefficient (Wildman–Crippen LogP) is 1.78. The van der Waals surface area contributed by atoms with Gasteiger partial charge in [0.05, 0.1) is 5.92 Å². The monoisotopic (exact) mass is 421 g/mol. The Morgan fingerprint density at radius 3 is 2.71 bits per heavy atom. The van der Waals surface area contributed by atoms with Gasteiger partial charge in [-0.25, -0.2) is 9.78 Å². The Hall–Kier alpha value is -3.42. The Balaban J connectivity index is 1.50. The van der Waals surface area contributed by atoms with Crippen molar-refractivity contribution in [2.45, 2.75) is 31.2 Å². The van der Waals surface area contributed by atoms with Crippen LogP contribution >= 0.6 is 0 Å². The molecule has 2 saturated heterocycles. The van der Waals surface area contributed by atoms with E-state index in [2.05, 4.69) is 22.4 Å². The number of aromatic nitrogens is 1. The molecule has 4 rings (SSSR count). The lowest BCUT2D eigenvalue weighted by Crippen LogP contribution is -2.70. The lowest BCUT2D eigenvalue weighted by atomic mass is 9.82. The van der Waals surface area contributed by atoms with Crippen LogP contribution in [0.4, 0.5) is 10.6 Å². The smallest absolute Gasteiger partial charge is 0.327 e. The van der Waals surface area contributed by atoms with Crippen LogP contribution < -0.4 is 11.1 Å². The molecule has 1 aromatic heterocycles. The summed E-state index contributed by atoms with van der Waals surface area (Å²) in [7, 11) is 1.52. The maximum absolute atomic E-state index is 13.3. The van der Waals surface area contributed by atoms with E-state index in [-0.39, 0.29) is 23.8 Å². The zero-order valence-corrected chi connectivity index (χ0v) is 17.5. The summed E-state index contributed by atoms with van der Waals surface area (Å²) in [6.07, 6.45) is 3.76. The van der Waals surface area contributed by atoms with E-state index in [1.54, 1.807) is 23.2 Å². The van der Waals surface area contributed by atoms with E-state index in [0.717, 1.165) is 23.3 Å². The van der Waals surface area contributed by atoms with E-state index in [9.17, 15) is 14.4 Å². The minimum absolute atomic E-state index is 0.226. The van der Waals surface area contributed by atoms with Gasteiger partial charge in [-0.05, 0) is 42.5 Å². The van der Waals surface area contributed by atoms with Crippen molar-refractivity contribution < 1.29 is 14.4 Å². The summed E-state index contributed by atoms with van der Waals surface area (Å²) in [4.78, 5) is 45.6. The molecule has 2 aliphatic heterocycles. The molecule has 1 aromatic carbocycles. The molecule has 3 unspecified atom stereocenters. The Morgan fingerprint density at radius 2 is 2.00 bits per heavy atom. The quantitative estimate of drug-likeness (QED) is 0.732. The van der Waals surface area contributed by atoms with Crippen LogP contribution in [0.2, 0.25) is 0 Å². The molecule has 0 aliphatic carbocycles. The summed E-state index contributed by atoms with van der Waals surface area (Å²) in [6, 6.07) is 12.3. The molecule has 2 fully saturated rings. The molecule has 0 saturated carbocycles. The highest BCUT2D eigenvalue weighted by molar-refractivity contribution is 6.09. The van der Waals surface area contributed by atoms with Gasteiger partial charge in [0.15, 0.2) is 0 Å². The molecule has 0 spiro atoms. The summed E-state index contributed by atoms with van der Waals surface area (Å²) < 4.78 is 0. The number of nitrogen functional groups attached to an aromatic ring is 1. The van der Waals surface area contributed by atoms with Crippen molar-refractivity contribution in [1.82, 2.24) is 20.1 Å². The van der Waals surface area contributed by atoms with Gasteiger partial charge < -0.3 is 16.0 Å². The first-order chi connectivity index (χ1) is 15.0. The fraction of sp³-hybridized carbons (Fsp3) is 0.391. The number of nitrogens with one attached hydrogen (secondary N) is 1. The summed E-state index contributed by atoms with van der Waals surface area (Å²) >= 11 is 0. The fourth-order valence-corrected chi connectivity index (χ4v) is 4.58. The van der Waals surface area contributed by atoms with Gasteiger partial charge in [0.2, 0.25) is 11.8 Å². The average Bonchev–Trinajstić information content (AvgIpc) is 2.80. The van der Waals surface area contributed by atoms with Crippen molar-refractivity contribution in [3.8, 4) is 0 Å². The molecule has 8 heteroatoms. The maximum atomic E-state index is 13.3. The molecule has 2 aliphatic rings. The van der Waals surface area contributed by atoms with Crippen molar-refractivity contribution in [3.05, 3.63) is 59.8 Å². The van der Waals surface area contributed by atoms with E-state index in [1.807, 2.05) is 18.2 Å². The van der Waals surface area contributed by atoms with Gasteiger partial charge in [-0.1, -0.05) is 30.3 Å². The zero-order valence-electron chi connectivity index (χ0n) is 17.5. The van der Waals surface area contributed by atoms with E-state index < -0.39 is 12.0 Å². The number of likely N-dealkylation sites (tertiary alicyclic amines) is 2. The number of hydrogen-bond donors (Lipinski definition) is 2. The van der Waals surface area contributed by atoms with Crippen molar-refractivity contribution in [1.29, 1.82) is 0 Å². The standard InChI is InChI=1S/C23H27N5O3/c1-25-21(29)20-18(12-15-9-10-26-19(24)13-15)22(30)28(20)23(31)27-11-5-8-17(14-27)16-6-3-2-4-7-16/h2-4,6-7,9-10,13,17-18,20H,5,8,11-12,14H2,1H3,(H2,24,26)(H,25,29). The third kappa shape index (κ3) is 4.10. The number of carbonyl (C=O) groups is 3. The van der Waals surface area contributed by atoms with E-state index in [1.165, 1.54) is 12.6 Å². The third-order valence-electron chi connectivity index (χ3n) is 6.20. The molecule has 0 radical (unpaired) electrons. The number of hydrogen-bond acceptors (Lipinski definition) is 5. The van der Waals surface area contributed by atoms with Crippen LogP contribution in [0.5, 0.6) is 0 Å². The zero-order chi connectivity index (χ0) is 22.0. The van der Waals surface area contributed by atoms with Crippen LogP contribution in [0.1, 0.15) is 29.9 Å². The highest BCUT2D eigenvalue weighted by Crippen LogP contribution is 2.34. The SMILES string of the molecule is CNC(=O)C1C(Cc2ccnc(N)c2)C(=O)N1C(=O)N1CCCC(c2ccccc2)C1. The molecular formula is C23H27N5O3. The van der Waals surface area contributed by atoms with E-state index in [4.69, 9.17) is 5.73 Å². The van der Waals surface area contributed by atoms with Crippen LogP contribution in [0.15, 0.2) is 48.7 Å². The normalized spacial score (nSPS) is 23.3. The summed E-state index contributed by atoms with van der Waals surface area (Å²) in [5.41, 5.74) is 7.74. The number of nitrogens with zero attached hydrogens (tertiary/aromatic N) is 3. The van der Waals surface area contributed by atoms with Crippen LogP contribution in [0, 0.1) is 5.92 Å². The molecule has 162 valence electrons. The van der Waals surface area contributed by atoms with Crippen molar-refractivity contribution in [2.75, 3.05) is 25.9 Å². The van der Waals surface area contributed by atoms with Crippen LogP contribution in [-0.4, -0.2) is 58.8 Å². The Labute approximate surface area is 181 Å². The largest absolute Gasteiger partial charge is 0.384 e. The molecule has 0 bridgehead atoms. The number of β-lactam (4-membered cyclic amide) rings is 1. The van der Waals surface area contributed by atoms with Crippen molar-refractivity contribution >= 4 is 23.7 Å². The fourth-order valence-electron chi connectivity index (χ4n) is 4.58. The van der Waals surface area contributed by atoms with Gasteiger partial charge in [0.1, 0.15) is 11.9 Å². The van der Waals surface area contributed by atoms with Crippen molar-refractivity contribution in [3.63, 3.8) is 0 Å². The second kappa shape index (κ2) is 8.75. The number of urea groups is 1. The average molecular weight is 422 g/mol. The summed E-state index contributed by atoms with van der Waals surface area (Å²) in [5, 5.41) is 2.60. The number of likely N-dealkylation sites (N-methyl/N-ethyl adjacent to an activating group) is 1. The Bertz CT molecular complexity index is 980. The lowest BCUT2D eigenvalue weighted by molar-refractivity contribution is -0.158. The third-order valence-corrected chi connectivity index (χ3v) is 6.20. The minimum atomic E-state index is -0.823. The van der Waals surface area contributed by atoms with E-state index >= 15 is 0 Å². The van der Waals surface area contributed by atoms with Crippen LogP contribution in [0.3, 0.4) is 0 Å². The number of piperidine rings is 1. The highest BCUT2D eigenvalue weighted by Gasteiger charge is 2.55. The van der Waals surface area contributed by atoms with Gasteiger partial charge in [-0.3, -0.25) is 14.5 Å². The number of pyridine rings is 1.